The lowest BCUT2D eigenvalue weighted by atomic mass is 10.1. The molecule has 0 bridgehead atoms. The van der Waals surface area contributed by atoms with Gasteiger partial charge in [-0.3, -0.25) is 14.6 Å². The molecule has 1 N–H and O–H groups in total. The molecule has 1 amide bonds. The summed E-state index contributed by atoms with van der Waals surface area (Å²) in [6.45, 7) is 3.65. The molecule has 1 aliphatic rings. The normalized spacial score (nSPS) is 16.3. The predicted octanol–water partition coefficient (Wildman–Crippen LogP) is 3.04. The fourth-order valence-corrected chi connectivity index (χ4v) is 4.27. The van der Waals surface area contributed by atoms with Gasteiger partial charge in [0.05, 0.1) is 24.3 Å². The summed E-state index contributed by atoms with van der Waals surface area (Å²) in [5.74, 6) is -0.445. The molecule has 3 rings (SSSR count). The topological polar surface area (TPSA) is 61.4 Å². The highest BCUT2D eigenvalue weighted by Gasteiger charge is 2.33. The SMILES string of the molecule is CSc1nnc(CN2CCN(CC(=O)Nc3ccccc3C(F)(F)F)CC2)s1. The third-order valence-corrected chi connectivity index (χ3v) is 6.20. The lowest BCUT2D eigenvalue weighted by Gasteiger charge is -2.33. The van der Waals surface area contributed by atoms with E-state index in [0.717, 1.165) is 35.0 Å². The van der Waals surface area contributed by atoms with E-state index in [1.165, 1.54) is 18.2 Å². The van der Waals surface area contributed by atoms with Gasteiger partial charge in [-0.25, -0.2) is 0 Å². The lowest BCUT2D eigenvalue weighted by molar-refractivity contribution is -0.137. The van der Waals surface area contributed by atoms with Crippen molar-refractivity contribution in [3.8, 4) is 0 Å². The van der Waals surface area contributed by atoms with E-state index in [0.29, 0.717) is 13.1 Å². The first kappa shape index (κ1) is 21.0. The van der Waals surface area contributed by atoms with Gasteiger partial charge in [0, 0.05) is 26.2 Å². The molecular formula is C17H20F3N5OS2. The quantitative estimate of drug-likeness (QED) is 0.710. The number of benzene rings is 1. The average molecular weight is 432 g/mol. The smallest absolute Gasteiger partial charge is 0.324 e. The van der Waals surface area contributed by atoms with Gasteiger partial charge in [0.1, 0.15) is 5.01 Å². The number of aromatic nitrogens is 2. The van der Waals surface area contributed by atoms with E-state index in [9.17, 15) is 18.0 Å². The number of anilines is 1. The van der Waals surface area contributed by atoms with Gasteiger partial charge in [-0.05, 0) is 18.4 Å². The van der Waals surface area contributed by atoms with E-state index in [1.54, 1.807) is 23.1 Å². The third-order valence-electron chi connectivity index (χ3n) is 4.32. The molecule has 0 radical (unpaired) electrons. The number of rotatable bonds is 6. The number of amides is 1. The highest BCUT2D eigenvalue weighted by molar-refractivity contribution is 8.00. The molecule has 1 fully saturated rings. The minimum atomic E-state index is -4.50. The van der Waals surface area contributed by atoms with Gasteiger partial charge in [0.15, 0.2) is 4.34 Å². The molecule has 2 heterocycles. The highest BCUT2D eigenvalue weighted by Crippen LogP contribution is 2.34. The Morgan fingerprint density at radius 1 is 1.18 bits per heavy atom. The molecule has 0 aliphatic carbocycles. The summed E-state index contributed by atoms with van der Waals surface area (Å²) in [4.78, 5) is 16.4. The number of carbonyl (C=O) groups excluding carboxylic acids is 1. The fourth-order valence-electron chi connectivity index (χ4n) is 2.91. The molecule has 0 saturated carbocycles. The van der Waals surface area contributed by atoms with Crippen LogP contribution in [0.4, 0.5) is 18.9 Å². The predicted molar refractivity (Wildman–Crippen MR) is 103 cm³/mol. The van der Waals surface area contributed by atoms with E-state index in [2.05, 4.69) is 20.4 Å². The minimum Gasteiger partial charge on any atom is -0.324 e. The Kier molecular flexibility index (Phi) is 6.91. The van der Waals surface area contributed by atoms with E-state index >= 15 is 0 Å². The second-order valence-corrected chi connectivity index (χ2v) is 8.43. The summed E-state index contributed by atoms with van der Waals surface area (Å²) in [6.07, 6.45) is -2.54. The maximum absolute atomic E-state index is 13.0. The summed E-state index contributed by atoms with van der Waals surface area (Å²) in [5.41, 5.74) is -1.05. The minimum absolute atomic E-state index is 0.0649. The molecule has 152 valence electrons. The third kappa shape index (κ3) is 5.66. The molecule has 0 spiro atoms. The number of nitrogens with one attached hydrogen (secondary N) is 1. The molecule has 28 heavy (non-hydrogen) atoms. The first-order valence-corrected chi connectivity index (χ1v) is 10.7. The second kappa shape index (κ2) is 9.21. The van der Waals surface area contributed by atoms with Crippen LogP contribution in [-0.4, -0.2) is 64.9 Å². The highest BCUT2D eigenvalue weighted by atomic mass is 32.2. The number of hydrogen-bond acceptors (Lipinski definition) is 7. The molecule has 1 saturated heterocycles. The van der Waals surface area contributed by atoms with Crippen LogP contribution in [0.2, 0.25) is 0 Å². The summed E-state index contributed by atoms with van der Waals surface area (Å²) in [7, 11) is 0. The number of hydrogen-bond donors (Lipinski definition) is 1. The van der Waals surface area contributed by atoms with Crippen molar-refractivity contribution in [3.05, 3.63) is 34.8 Å². The Labute approximate surface area is 169 Å². The van der Waals surface area contributed by atoms with Crippen molar-refractivity contribution in [2.45, 2.75) is 17.1 Å². The van der Waals surface area contributed by atoms with Gasteiger partial charge < -0.3 is 5.32 Å². The molecule has 0 atom stereocenters. The number of halogens is 3. The number of nitrogens with zero attached hydrogens (tertiary/aromatic N) is 4. The van der Waals surface area contributed by atoms with E-state index in [-0.39, 0.29) is 12.2 Å². The van der Waals surface area contributed by atoms with Crippen LogP contribution in [0.25, 0.3) is 0 Å². The molecular weight excluding hydrogens is 411 g/mol. The molecule has 0 unspecified atom stereocenters. The van der Waals surface area contributed by atoms with E-state index in [4.69, 9.17) is 0 Å². The van der Waals surface area contributed by atoms with Gasteiger partial charge in [0.2, 0.25) is 5.91 Å². The maximum atomic E-state index is 13.0. The van der Waals surface area contributed by atoms with Gasteiger partial charge in [-0.1, -0.05) is 35.2 Å². The zero-order chi connectivity index (χ0) is 20.1. The van der Waals surface area contributed by atoms with Gasteiger partial charge in [0.25, 0.3) is 0 Å². The number of alkyl halides is 3. The van der Waals surface area contributed by atoms with Crippen molar-refractivity contribution >= 4 is 34.7 Å². The van der Waals surface area contributed by atoms with Crippen LogP contribution >= 0.6 is 23.1 Å². The molecule has 1 aromatic heterocycles. The van der Waals surface area contributed by atoms with Crippen LogP contribution in [0, 0.1) is 0 Å². The molecule has 1 aliphatic heterocycles. The monoisotopic (exact) mass is 431 g/mol. The van der Waals surface area contributed by atoms with Crippen molar-refractivity contribution in [2.24, 2.45) is 0 Å². The fraction of sp³-hybridized carbons (Fsp3) is 0.471. The summed E-state index contributed by atoms with van der Waals surface area (Å²) in [5, 5.41) is 11.6. The van der Waals surface area contributed by atoms with Crippen molar-refractivity contribution in [2.75, 3.05) is 44.3 Å². The average Bonchev–Trinajstić information content (AvgIpc) is 3.10. The number of piperazine rings is 1. The number of carbonyl (C=O) groups is 1. The van der Waals surface area contributed by atoms with Gasteiger partial charge in [-0.2, -0.15) is 13.2 Å². The first-order valence-electron chi connectivity index (χ1n) is 8.62. The van der Waals surface area contributed by atoms with Crippen LogP contribution in [0.3, 0.4) is 0 Å². The zero-order valence-corrected chi connectivity index (χ0v) is 16.8. The van der Waals surface area contributed by atoms with E-state index in [1.807, 2.05) is 11.2 Å². The van der Waals surface area contributed by atoms with Crippen LogP contribution in [0.5, 0.6) is 0 Å². The Morgan fingerprint density at radius 2 is 1.86 bits per heavy atom. The standard InChI is InChI=1S/C17H20F3N5OS2/c1-27-16-23-22-15(28-16)11-25-8-6-24(7-9-25)10-14(26)21-13-5-3-2-4-12(13)17(18,19)20/h2-5H,6-11H2,1H3,(H,21,26). The van der Waals surface area contributed by atoms with Crippen molar-refractivity contribution in [1.82, 2.24) is 20.0 Å². The molecule has 1 aromatic carbocycles. The Balaban J connectivity index is 1.48. The summed E-state index contributed by atoms with van der Waals surface area (Å²) in [6, 6.07) is 5.01. The maximum Gasteiger partial charge on any atom is 0.418 e. The Morgan fingerprint density at radius 3 is 2.50 bits per heavy atom. The van der Waals surface area contributed by atoms with Gasteiger partial charge in [-0.15, -0.1) is 10.2 Å². The lowest BCUT2D eigenvalue weighted by Crippen LogP contribution is -2.48. The van der Waals surface area contributed by atoms with Gasteiger partial charge >= 0.3 is 6.18 Å². The molecule has 2 aromatic rings. The van der Waals surface area contributed by atoms with Crippen molar-refractivity contribution in [1.29, 1.82) is 0 Å². The largest absolute Gasteiger partial charge is 0.418 e. The second-order valence-electron chi connectivity index (χ2n) is 6.31. The van der Waals surface area contributed by atoms with Crippen molar-refractivity contribution < 1.29 is 18.0 Å². The number of thioether (sulfide) groups is 1. The Bertz CT molecular complexity index is 806. The number of para-hydroxylation sites is 1. The van der Waals surface area contributed by atoms with E-state index < -0.39 is 17.6 Å². The van der Waals surface area contributed by atoms with Crippen LogP contribution in [0.1, 0.15) is 10.6 Å². The van der Waals surface area contributed by atoms with Crippen molar-refractivity contribution in [3.63, 3.8) is 0 Å². The summed E-state index contributed by atoms with van der Waals surface area (Å²) < 4.78 is 40.0. The molecule has 6 nitrogen and oxygen atoms in total. The van der Waals surface area contributed by atoms with Crippen LogP contribution in [0.15, 0.2) is 28.6 Å². The van der Waals surface area contributed by atoms with Crippen LogP contribution < -0.4 is 5.32 Å². The zero-order valence-electron chi connectivity index (χ0n) is 15.2. The van der Waals surface area contributed by atoms with Crippen LogP contribution in [-0.2, 0) is 17.5 Å². The Hall–Kier alpha value is -1.69. The molecule has 11 heteroatoms. The first-order chi connectivity index (χ1) is 13.3. The summed E-state index contributed by atoms with van der Waals surface area (Å²) >= 11 is 3.14.